The van der Waals surface area contributed by atoms with Gasteiger partial charge in [0.1, 0.15) is 0 Å². The summed E-state index contributed by atoms with van der Waals surface area (Å²) in [5, 5.41) is 51.4. The number of carboxylic acids is 5. The van der Waals surface area contributed by atoms with Gasteiger partial charge in [0.2, 0.25) is 0 Å². The summed E-state index contributed by atoms with van der Waals surface area (Å²) in [6.45, 7) is 11.4. The van der Waals surface area contributed by atoms with Crippen LogP contribution in [0.2, 0.25) is 0 Å². The Hall–Kier alpha value is -1.36. The molecule has 0 rings (SSSR count). The van der Waals surface area contributed by atoms with E-state index in [1.165, 1.54) is 546 Å². The quantitative estimate of drug-likeness (QED) is 0.0417. The minimum Gasteiger partial charge on any atom is -0.550 e. The molecule has 0 aliphatic heterocycles. The number of rotatable bonds is 100. The van der Waals surface area contributed by atoms with Crippen LogP contribution in [0, 0.1) is 0 Å². The zero-order valence-corrected chi connectivity index (χ0v) is 85.9. The van der Waals surface area contributed by atoms with E-state index in [-0.39, 0.29) is 72.2 Å². The van der Waals surface area contributed by atoms with Crippen molar-refractivity contribution in [3.8, 4) is 0 Å². The summed E-state index contributed by atoms with van der Waals surface area (Å²) in [4.78, 5) is 51.4. The van der Waals surface area contributed by atoms with Gasteiger partial charge in [-0.25, -0.2) is 0 Å². The van der Waals surface area contributed by atoms with E-state index in [0.717, 1.165) is 64.2 Å². The zero-order chi connectivity index (χ0) is 88.6. The van der Waals surface area contributed by atoms with Gasteiger partial charge in [0.25, 0.3) is 0 Å². The Balaban J connectivity index is -0.000000270. The molecular formula is C110H215FeMgO10. The van der Waals surface area contributed by atoms with E-state index in [0.29, 0.717) is 0 Å². The molecular weight excluding hydrogens is 1560 g/mol. The molecule has 0 aliphatic carbocycles. The summed E-state index contributed by atoms with van der Waals surface area (Å²) in [6, 6.07) is 0. The molecule has 122 heavy (non-hydrogen) atoms. The average molecular weight is 1780 g/mol. The molecule has 0 N–H and O–H groups in total. The van der Waals surface area contributed by atoms with E-state index in [4.69, 9.17) is 0 Å². The van der Waals surface area contributed by atoms with Crippen LogP contribution in [0.4, 0.5) is 0 Å². The molecule has 0 heterocycles. The molecule has 0 unspecified atom stereocenters. The second-order valence-electron chi connectivity index (χ2n) is 37.4. The Morgan fingerprint density at radius 3 is 0.213 bits per heavy atom. The number of unbranched alkanes of at least 4 members (excludes halogenated alkanes) is 90. The van der Waals surface area contributed by atoms with Crippen LogP contribution < -0.4 is 25.5 Å². The van der Waals surface area contributed by atoms with Gasteiger partial charge in [-0.15, -0.1) is 0 Å². The number of carboxylic acid groups (broad SMARTS) is 5. The number of hydrogen-bond donors (Lipinski definition) is 0. The fourth-order valence-electron chi connectivity index (χ4n) is 16.7. The van der Waals surface area contributed by atoms with Crippen molar-refractivity contribution in [1.29, 1.82) is 0 Å². The summed E-state index contributed by atoms with van der Waals surface area (Å²) in [5.74, 6) is -4.50. The molecule has 1 radical (unpaired) electrons. The summed E-state index contributed by atoms with van der Waals surface area (Å²) in [5.41, 5.74) is 0. The van der Waals surface area contributed by atoms with E-state index in [9.17, 15) is 49.5 Å². The van der Waals surface area contributed by atoms with Crippen LogP contribution in [0.1, 0.15) is 677 Å². The molecule has 725 valence electrons. The van der Waals surface area contributed by atoms with Gasteiger partial charge >= 0.3 is 40.1 Å². The molecule has 0 amide bonds. The van der Waals surface area contributed by atoms with Gasteiger partial charge in [-0.05, 0) is 64.2 Å². The van der Waals surface area contributed by atoms with Crippen LogP contribution in [-0.2, 0) is 41.0 Å². The number of hydrogen-bond acceptors (Lipinski definition) is 10. The van der Waals surface area contributed by atoms with E-state index in [1.807, 2.05) is 0 Å². The Kier molecular flexibility index (Phi) is 143. The number of carbonyl (C=O) groups excluding carboxylic acids is 5. The minimum atomic E-state index is -0.901. The Bertz CT molecular complexity index is 1570. The van der Waals surface area contributed by atoms with Crippen molar-refractivity contribution in [2.75, 3.05) is 0 Å². The van der Waals surface area contributed by atoms with Gasteiger partial charge in [-0.3, -0.25) is 0 Å². The molecule has 0 spiro atoms. The number of carbonyl (C=O) groups is 5. The normalized spacial score (nSPS) is 10.9. The smallest absolute Gasteiger partial charge is 0.550 e. The first-order valence-corrected chi connectivity index (χ1v) is 54.8. The van der Waals surface area contributed by atoms with E-state index < -0.39 is 29.8 Å². The summed E-state index contributed by atoms with van der Waals surface area (Å²) >= 11 is 0. The predicted molar refractivity (Wildman–Crippen MR) is 521 cm³/mol. The van der Waals surface area contributed by atoms with Crippen molar-refractivity contribution >= 4 is 52.9 Å². The van der Waals surface area contributed by atoms with E-state index >= 15 is 0 Å². The van der Waals surface area contributed by atoms with Gasteiger partial charge < -0.3 is 49.5 Å². The largest absolute Gasteiger partial charge is 3.00 e. The van der Waals surface area contributed by atoms with Crippen LogP contribution in [0.5, 0.6) is 0 Å². The molecule has 0 saturated carbocycles. The van der Waals surface area contributed by atoms with Crippen molar-refractivity contribution in [2.24, 2.45) is 0 Å². The molecule has 0 aliphatic rings. The SMILES string of the molecule is CCCCCCCCCCCCCCCCCCCCCC(=O)[O-].CCCCCCCCCCCCCCCCCCCCCC(=O)[O-].CCCCCCCCCCCCCCCCCCCCCC(=O)[O-].CCCCCCCCCCCCCCCCCCCCCC(=O)[O-].CCCCCCCCCCCCCCCCCCCCCC(=O)[O-].[Fe+3].[Mg+2]. The van der Waals surface area contributed by atoms with E-state index in [2.05, 4.69) is 34.6 Å². The van der Waals surface area contributed by atoms with Gasteiger partial charge in [0.05, 0.1) is 0 Å². The van der Waals surface area contributed by atoms with Gasteiger partial charge in [-0.1, -0.05) is 612 Å². The van der Waals surface area contributed by atoms with Crippen molar-refractivity contribution in [2.45, 2.75) is 677 Å². The monoisotopic (exact) mass is 1780 g/mol. The van der Waals surface area contributed by atoms with Crippen molar-refractivity contribution < 1.29 is 66.6 Å². The van der Waals surface area contributed by atoms with E-state index in [1.54, 1.807) is 0 Å². The van der Waals surface area contributed by atoms with Gasteiger partial charge in [0, 0.05) is 29.8 Å². The first-order valence-electron chi connectivity index (χ1n) is 54.8. The molecule has 10 nitrogen and oxygen atoms in total. The Morgan fingerprint density at radius 1 is 0.115 bits per heavy atom. The standard InChI is InChI=1S/5C22H44O2.Fe.Mg/c5*1-2-3-4-5-6-7-8-9-10-11-12-13-14-15-16-17-18-19-20-21-22(23)24;;/h5*2-21H2,1H3,(H,23,24);;/q;;;;;+3;+2/p-5. The summed E-state index contributed by atoms with van der Waals surface area (Å²) in [6.07, 6.45) is 129. The Morgan fingerprint density at radius 2 is 0.164 bits per heavy atom. The number of aliphatic carboxylic acids is 5. The van der Waals surface area contributed by atoms with Crippen LogP contribution in [0.15, 0.2) is 0 Å². The van der Waals surface area contributed by atoms with Crippen molar-refractivity contribution in [3.05, 3.63) is 0 Å². The van der Waals surface area contributed by atoms with Gasteiger partial charge in [0.15, 0.2) is 0 Å². The summed E-state index contributed by atoms with van der Waals surface area (Å²) < 4.78 is 0. The van der Waals surface area contributed by atoms with Crippen LogP contribution in [0.25, 0.3) is 0 Å². The third kappa shape index (κ3) is 153. The second kappa shape index (κ2) is 130. The fourth-order valence-corrected chi connectivity index (χ4v) is 16.7. The first kappa shape index (κ1) is 134. The maximum atomic E-state index is 10.3. The maximum Gasteiger partial charge on any atom is 3.00 e. The molecule has 12 heteroatoms. The fraction of sp³-hybridized carbons (Fsp3) is 0.955. The molecule has 0 aromatic heterocycles. The van der Waals surface area contributed by atoms with Crippen molar-refractivity contribution in [1.82, 2.24) is 0 Å². The summed E-state index contributed by atoms with van der Waals surface area (Å²) in [7, 11) is 0. The zero-order valence-electron chi connectivity index (χ0n) is 83.4. The molecule has 0 saturated heterocycles. The molecule has 0 aromatic carbocycles. The Labute approximate surface area is 790 Å². The maximum absolute atomic E-state index is 10.3. The minimum absolute atomic E-state index is 0. The van der Waals surface area contributed by atoms with Crippen LogP contribution in [0.3, 0.4) is 0 Å². The average Bonchev–Trinajstić information content (AvgIpc) is 1.16. The first-order chi connectivity index (χ1) is 58.9. The molecule has 0 fully saturated rings. The third-order valence-electron chi connectivity index (χ3n) is 24.9. The van der Waals surface area contributed by atoms with Gasteiger partial charge in [-0.2, -0.15) is 0 Å². The molecule has 0 atom stereocenters. The third-order valence-corrected chi connectivity index (χ3v) is 24.9. The topological polar surface area (TPSA) is 201 Å². The predicted octanol–water partition coefficient (Wildman–Crippen LogP) is 32.4. The van der Waals surface area contributed by atoms with Crippen LogP contribution >= 0.6 is 0 Å². The molecule has 0 aromatic rings. The molecule has 0 bridgehead atoms. The van der Waals surface area contributed by atoms with Crippen LogP contribution in [-0.4, -0.2) is 52.9 Å². The second-order valence-corrected chi connectivity index (χ2v) is 37.4. The van der Waals surface area contributed by atoms with Crippen molar-refractivity contribution in [3.63, 3.8) is 0 Å².